The second-order valence-electron chi connectivity index (χ2n) is 4.59. The minimum atomic E-state index is -3.43. The molecule has 7 nitrogen and oxygen atoms in total. The van der Waals surface area contributed by atoms with E-state index in [2.05, 4.69) is 5.09 Å². The number of nitrogens with one attached hydrogen (secondary N) is 1. The van der Waals surface area contributed by atoms with Gasteiger partial charge >= 0.3 is 13.5 Å². The molecule has 0 amide bonds. The molecule has 0 aliphatic heterocycles. The van der Waals surface area contributed by atoms with E-state index in [-0.39, 0.29) is 19.6 Å². The van der Waals surface area contributed by atoms with Gasteiger partial charge in [-0.2, -0.15) is 0 Å². The lowest BCUT2D eigenvalue weighted by molar-refractivity contribution is -0.144. The molecule has 1 aromatic rings. The first kappa shape index (κ1) is 18.6. The summed E-state index contributed by atoms with van der Waals surface area (Å²) < 4.78 is 28.0. The van der Waals surface area contributed by atoms with Gasteiger partial charge in [0.1, 0.15) is 18.1 Å². The number of carbonyl (C=O) groups is 1. The average Bonchev–Trinajstić information content (AvgIpc) is 2.48. The predicted octanol–water partition coefficient (Wildman–Crippen LogP) is 1.90. The maximum atomic E-state index is 12.7. The van der Waals surface area contributed by atoms with E-state index in [1.54, 1.807) is 38.1 Å². The highest BCUT2D eigenvalue weighted by Crippen LogP contribution is 2.43. The van der Waals surface area contributed by atoms with Gasteiger partial charge in [-0.1, -0.05) is 12.1 Å². The van der Waals surface area contributed by atoms with Gasteiger partial charge in [-0.3, -0.25) is 9.36 Å². The molecule has 2 N–H and O–H groups in total. The van der Waals surface area contributed by atoms with Gasteiger partial charge in [0.25, 0.3) is 0 Å². The molecule has 0 bridgehead atoms. The zero-order chi connectivity index (χ0) is 16.6. The standard InChI is InChI=1S/C14H22NO6P/c1-4-20-14(17)11(2)15-22(18,10-19-3)21-13-7-5-12(9-16)6-8-13/h5-8,11,16H,4,9-10H2,1-3H3,(H,15,18)/t11-,22?/m0/s1. The molecule has 0 aliphatic carbocycles. The van der Waals surface area contributed by atoms with Crippen LogP contribution in [0.15, 0.2) is 24.3 Å². The van der Waals surface area contributed by atoms with Gasteiger partial charge in [0.2, 0.25) is 0 Å². The summed E-state index contributed by atoms with van der Waals surface area (Å²) in [6.45, 7) is 3.38. The number of hydrogen-bond acceptors (Lipinski definition) is 6. The van der Waals surface area contributed by atoms with Crippen LogP contribution in [0.5, 0.6) is 5.75 Å². The first-order valence-electron chi connectivity index (χ1n) is 6.86. The predicted molar refractivity (Wildman–Crippen MR) is 81.7 cm³/mol. The number of aliphatic hydroxyl groups excluding tert-OH is 1. The van der Waals surface area contributed by atoms with Gasteiger partial charge in [-0.15, -0.1) is 0 Å². The lowest BCUT2D eigenvalue weighted by atomic mass is 10.2. The van der Waals surface area contributed by atoms with Crippen molar-refractivity contribution >= 4 is 13.5 Å². The molecular weight excluding hydrogens is 309 g/mol. The van der Waals surface area contributed by atoms with Gasteiger partial charge in [0.15, 0.2) is 0 Å². The second-order valence-corrected chi connectivity index (χ2v) is 6.63. The Labute approximate surface area is 130 Å². The molecule has 0 radical (unpaired) electrons. The van der Waals surface area contributed by atoms with Crippen molar-refractivity contribution in [1.29, 1.82) is 0 Å². The largest absolute Gasteiger partial charge is 0.465 e. The SMILES string of the molecule is CCOC(=O)[C@H](C)NP(=O)(COC)Oc1ccc(CO)cc1. The average molecular weight is 331 g/mol. The van der Waals surface area contributed by atoms with Gasteiger partial charge in [0, 0.05) is 7.11 Å². The Kier molecular flexibility index (Phi) is 7.55. The third-order valence-corrected chi connectivity index (χ3v) is 4.57. The maximum Gasteiger partial charge on any atom is 0.342 e. The molecule has 0 heterocycles. The van der Waals surface area contributed by atoms with Gasteiger partial charge in [-0.05, 0) is 31.5 Å². The Hall–Kier alpha value is -1.40. The summed E-state index contributed by atoms with van der Waals surface area (Å²) in [6, 6.07) is 5.69. The molecule has 0 fully saturated rings. The van der Waals surface area contributed by atoms with E-state index in [9.17, 15) is 9.36 Å². The van der Waals surface area contributed by atoms with Crippen LogP contribution in [0.3, 0.4) is 0 Å². The Morgan fingerprint density at radius 2 is 2.00 bits per heavy atom. The lowest BCUT2D eigenvalue weighted by Crippen LogP contribution is -2.35. The highest BCUT2D eigenvalue weighted by atomic mass is 31.2. The van der Waals surface area contributed by atoms with Crippen LogP contribution in [0.4, 0.5) is 0 Å². The van der Waals surface area contributed by atoms with Crippen molar-refractivity contribution < 1.29 is 28.5 Å². The summed E-state index contributed by atoms with van der Waals surface area (Å²) >= 11 is 0. The molecule has 0 saturated heterocycles. The summed E-state index contributed by atoms with van der Waals surface area (Å²) in [5.41, 5.74) is 0.710. The first-order valence-corrected chi connectivity index (χ1v) is 8.67. The minimum absolute atomic E-state index is 0.0891. The number of benzene rings is 1. The Morgan fingerprint density at radius 1 is 1.36 bits per heavy atom. The van der Waals surface area contributed by atoms with Crippen molar-refractivity contribution in [3.05, 3.63) is 29.8 Å². The van der Waals surface area contributed by atoms with Crippen molar-refractivity contribution in [2.24, 2.45) is 0 Å². The van der Waals surface area contributed by atoms with Gasteiger partial charge < -0.3 is 19.1 Å². The van der Waals surface area contributed by atoms with Gasteiger partial charge in [-0.25, -0.2) is 5.09 Å². The van der Waals surface area contributed by atoms with Crippen molar-refractivity contribution in [3.63, 3.8) is 0 Å². The number of ether oxygens (including phenoxy) is 2. The summed E-state index contributed by atoms with van der Waals surface area (Å²) in [5, 5.41) is 11.6. The monoisotopic (exact) mass is 331 g/mol. The third kappa shape index (κ3) is 5.77. The molecule has 0 aromatic heterocycles. The summed E-state index contributed by atoms with van der Waals surface area (Å²) in [4.78, 5) is 11.6. The van der Waals surface area contributed by atoms with Crippen LogP contribution in [-0.4, -0.2) is 37.2 Å². The number of hydrogen-bond donors (Lipinski definition) is 2. The van der Waals surface area contributed by atoms with Crippen molar-refractivity contribution in [2.45, 2.75) is 26.5 Å². The van der Waals surface area contributed by atoms with Crippen LogP contribution in [0.1, 0.15) is 19.4 Å². The number of carbonyl (C=O) groups excluding carboxylic acids is 1. The lowest BCUT2D eigenvalue weighted by Gasteiger charge is -2.22. The molecule has 0 spiro atoms. The van der Waals surface area contributed by atoms with Crippen LogP contribution in [0, 0.1) is 0 Å². The molecule has 0 saturated carbocycles. The summed E-state index contributed by atoms with van der Waals surface area (Å²) in [5.74, 6) is -0.167. The smallest absolute Gasteiger partial charge is 0.342 e. The van der Waals surface area contributed by atoms with Crippen LogP contribution >= 0.6 is 7.52 Å². The number of aliphatic hydroxyl groups is 1. The van der Waals surface area contributed by atoms with Crippen molar-refractivity contribution in [2.75, 3.05) is 20.1 Å². The van der Waals surface area contributed by atoms with Gasteiger partial charge in [0.05, 0.1) is 13.2 Å². The zero-order valence-corrected chi connectivity index (χ0v) is 13.8. The molecular formula is C14H22NO6P. The Morgan fingerprint density at radius 3 is 2.50 bits per heavy atom. The normalized spacial score (nSPS) is 14.9. The number of rotatable bonds is 9. The second kappa shape index (κ2) is 8.90. The van der Waals surface area contributed by atoms with E-state index in [4.69, 9.17) is 19.1 Å². The molecule has 1 rings (SSSR count). The van der Waals surface area contributed by atoms with Crippen LogP contribution in [0.2, 0.25) is 0 Å². The number of methoxy groups -OCH3 is 1. The minimum Gasteiger partial charge on any atom is -0.465 e. The summed E-state index contributed by atoms with van der Waals surface area (Å²) in [6.07, 6.45) is -0.196. The topological polar surface area (TPSA) is 94.1 Å². The molecule has 1 aromatic carbocycles. The van der Waals surface area contributed by atoms with E-state index >= 15 is 0 Å². The quantitative estimate of drug-likeness (QED) is 0.527. The van der Waals surface area contributed by atoms with Crippen LogP contribution < -0.4 is 9.61 Å². The van der Waals surface area contributed by atoms with Crippen molar-refractivity contribution in [1.82, 2.24) is 5.09 Å². The van der Waals surface area contributed by atoms with E-state index in [1.165, 1.54) is 7.11 Å². The molecule has 0 aliphatic rings. The zero-order valence-electron chi connectivity index (χ0n) is 12.9. The fourth-order valence-electron chi connectivity index (χ4n) is 1.70. The van der Waals surface area contributed by atoms with Crippen LogP contribution in [0.25, 0.3) is 0 Å². The highest BCUT2D eigenvalue weighted by Gasteiger charge is 2.30. The fraction of sp³-hybridized carbons (Fsp3) is 0.500. The Bertz CT molecular complexity index is 519. The molecule has 1 unspecified atom stereocenters. The molecule has 22 heavy (non-hydrogen) atoms. The fourth-order valence-corrected chi connectivity index (χ4v) is 3.38. The third-order valence-electron chi connectivity index (χ3n) is 2.69. The van der Waals surface area contributed by atoms with Crippen LogP contribution in [-0.2, 0) is 25.4 Å². The number of esters is 1. The van der Waals surface area contributed by atoms with E-state index in [0.717, 1.165) is 0 Å². The molecule has 124 valence electrons. The Balaban J connectivity index is 2.80. The van der Waals surface area contributed by atoms with Crippen molar-refractivity contribution in [3.8, 4) is 5.75 Å². The first-order chi connectivity index (χ1) is 10.4. The van der Waals surface area contributed by atoms with E-state index in [0.29, 0.717) is 11.3 Å². The maximum absolute atomic E-state index is 12.7. The summed E-state index contributed by atoms with van der Waals surface area (Å²) in [7, 11) is -2.04. The van der Waals surface area contributed by atoms with E-state index in [1.807, 2.05) is 0 Å². The molecule has 2 atom stereocenters. The van der Waals surface area contributed by atoms with E-state index < -0.39 is 19.5 Å². The molecule has 8 heteroatoms. The highest BCUT2D eigenvalue weighted by molar-refractivity contribution is 7.57.